The van der Waals surface area contributed by atoms with E-state index in [1.165, 1.54) is 0 Å². The summed E-state index contributed by atoms with van der Waals surface area (Å²) in [6.07, 6.45) is 8.85. The molecule has 3 heteroatoms. The predicted octanol–water partition coefficient (Wildman–Crippen LogP) is 2.01. The molecule has 1 aromatic rings. The summed E-state index contributed by atoms with van der Waals surface area (Å²) in [4.78, 5) is 15.2. The Kier molecular flexibility index (Phi) is 5.15. The van der Waals surface area contributed by atoms with E-state index in [1.54, 1.807) is 24.5 Å². The van der Waals surface area contributed by atoms with Gasteiger partial charge < -0.3 is 5.32 Å². The molecule has 0 fully saturated rings. The van der Waals surface area contributed by atoms with E-state index >= 15 is 0 Å². The van der Waals surface area contributed by atoms with Crippen LogP contribution in [0.3, 0.4) is 0 Å². The second-order valence-corrected chi connectivity index (χ2v) is 3.26. The Balaban J connectivity index is 2.34. The van der Waals surface area contributed by atoms with Crippen molar-refractivity contribution in [2.45, 2.75) is 19.8 Å². The minimum absolute atomic E-state index is 0.0414. The molecule has 0 spiro atoms. The van der Waals surface area contributed by atoms with E-state index in [1.807, 2.05) is 12.1 Å². The molecule has 0 atom stereocenters. The summed E-state index contributed by atoms with van der Waals surface area (Å²) in [5.74, 6) is -0.0414. The highest BCUT2D eigenvalue weighted by Gasteiger charge is 1.93. The van der Waals surface area contributed by atoms with Gasteiger partial charge >= 0.3 is 0 Å². The summed E-state index contributed by atoms with van der Waals surface area (Å²) < 4.78 is 0. The van der Waals surface area contributed by atoms with E-state index in [4.69, 9.17) is 0 Å². The third-order valence-electron chi connectivity index (χ3n) is 1.96. The summed E-state index contributed by atoms with van der Waals surface area (Å²) in [6.45, 7) is 2.84. The molecule has 0 saturated carbocycles. The molecule has 1 amide bonds. The van der Waals surface area contributed by atoms with E-state index in [0.717, 1.165) is 24.9 Å². The fraction of sp³-hybridized carbons (Fsp3) is 0.333. The van der Waals surface area contributed by atoms with Crippen LogP contribution < -0.4 is 5.32 Å². The molecule has 0 radical (unpaired) electrons. The van der Waals surface area contributed by atoms with E-state index in [0.29, 0.717) is 0 Å². The number of hydrogen-bond donors (Lipinski definition) is 1. The summed E-state index contributed by atoms with van der Waals surface area (Å²) in [5.41, 5.74) is 0.982. The first kappa shape index (κ1) is 11.4. The van der Waals surface area contributed by atoms with E-state index < -0.39 is 0 Å². The number of rotatable bonds is 5. The van der Waals surface area contributed by atoms with Gasteiger partial charge in [-0.1, -0.05) is 13.3 Å². The number of hydrogen-bond acceptors (Lipinski definition) is 2. The van der Waals surface area contributed by atoms with Crippen LogP contribution in [-0.4, -0.2) is 17.4 Å². The van der Waals surface area contributed by atoms with E-state index in [-0.39, 0.29) is 5.91 Å². The average molecular weight is 204 g/mol. The van der Waals surface area contributed by atoms with Gasteiger partial charge in [0.2, 0.25) is 5.91 Å². The molecule has 0 saturated heterocycles. The number of amides is 1. The van der Waals surface area contributed by atoms with Gasteiger partial charge in [-0.3, -0.25) is 9.78 Å². The average Bonchev–Trinajstić information content (AvgIpc) is 2.28. The van der Waals surface area contributed by atoms with Crippen molar-refractivity contribution >= 4 is 12.0 Å². The second-order valence-electron chi connectivity index (χ2n) is 3.26. The Morgan fingerprint density at radius 2 is 2.20 bits per heavy atom. The van der Waals surface area contributed by atoms with Crippen molar-refractivity contribution in [3.8, 4) is 0 Å². The lowest BCUT2D eigenvalue weighted by atomic mass is 10.2. The number of nitrogens with one attached hydrogen (secondary N) is 1. The molecule has 0 aromatic carbocycles. The van der Waals surface area contributed by atoms with Crippen LogP contribution in [0.25, 0.3) is 6.08 Å². The van der Waals surface area contributed by atoms with E-state index in [2.05, 4.69) is 17.2 Å². The van der Waals surface area contributed by atoms with Crippen molar-refractivity contribution < 1.29 is 4.79 Å². The number of pyridine rings is 1. The topological polar surface area (TPSA) is 42.0 Å². The van der Waals surface area contributed by atoms with Crippen LogP contribution in [-0.2, 0) is 4.79 Å². The summed E-state index contributed by atoms with van der Waals surface area (Å²) in [5, 5.41) is 2.81. The monoisotopic (exact) mass is 204 g/mol. The summed E-state index contributed by atoms with van der Waals surface area (Å²) in [7, 11) is 0. The highest BCUT2D eigenvalue weighted by Crippen LogP contribution is 1.98. The van der Waals surface area contributed by atoms with Gasteiger partial charge in [0.05, 0.1) is 0 Å². The Labute approximate surface area is 90.2 Å². The van der Waals surface area contributed by atoms with Crippen molar-refractivity contribution in [3.05, 3.63) is 36.2 Å². The van der Waals surface area contributed by atoms with Crippen LogP contribution in [0.1, 0.15) is 25.3 Å². The lowest BCUT2D eigenvalue weighted by Gasteiger charge is -1.98. The SMILES string of the molecule is CCCCNC(=O)C=Cc1ccncc1. The first-order valence-corrected chi connectivity index (χ1v) is 5.19. The Morgan fingerprint density at radius 3 is 2.87 bits per heavy atom. The zero-order valence-electron chi connectivity index (χ0n) is 8.94. The molecular formula is C12H16N2O. The molecular weight excluding hydrogens is 188 g/mol. The first-order chi connectivity index (χ1) is 7.33. The van der Waals surface area contributed by atoms with Gasteiger partial charge in [0.15, 0.2) is 0 Å². The Bertz CT molecular complexity index is 320. The van der Waals surface area contributed by atoms with Crippen molar-refractivity contribution in [3.63, 3.8) is 0 Å². The van der Waals surface area contributed by atoms with Gasteiger partial charge in [0.1, 0.15) is 0 Å². The van der Waals surface area contributed by atoms with Crippen molar-refractivity contribution in [1.29, 1.82) is 0 Å². The maximum absolute atomic E-state index is 11.3. The first-order valence-electron chi connectivity index (χ1n) is 5.19. The summed E-state index contributed by atoms with van der Waals surface area (Å²) in [6, 6.07) is 3.71. The van der Waals surface area contributed by atoms with Crippen LogP contribution in [0.4, 0.5) is 0 Å². The smallest absolute Gasteiger partial charge is 0.243 e. The standard InChI is InChI=1S/C12H16N2O/c1-2-3-8-14-12(15)5-4-11-6-9-13-10-7-11/h4-7,9-10H,2-3,8H2,1H3,(H,14,15). The molecule has 80 valence electrons. The predicted molar refractivity (Wildman–Crippen MR) is 61.2 cm³/mol. The van der Waals surface area contributed by atoms with E-state index in [9.17, 15) is 4.79 Å². The van der Waals surface area contributed by atoms with Crippen LogP contribution in [0.2, 0.25) is 0 Å². The van der Waals surface area contributed by atoms with Gasteiger partial charge in [0.25, 0.3) is 0 Å². The van der Waals surface area contributed by atoms with Gasteiger partial charge in [-0.2, -0.15) is 0 Å². The molecule has 0 aliphatic heterocycles. The van der Waals surface area contributed by atoms with Crippen molar-refractivity contribution in [2.75, 3.05) is 6.54 Å². The molecule has 1 N–H and O–H groups in total. The molecule has 1 heterocycles. The highest BCUT2D eigenvalue weighted by atomic mass is 16.1. The fourth-order valence-electron chi connectivity index (χ4n) is 1.09. The zero-order chi connectivity index (χ0) is 10.9. The number of carbonyl (C=O) groups is 1. The second kappa shape index (κ2) is 6.76. The van der Waals surface area contributed by atoms with Crippen LogP contribution in [0, 0.1) is 0 Å². The van der Waals surface area contributed by atoms with Gasteiger partial charge in [0, 0.05) is 25.0 Å². The lowest BCUT2D eigenvalue weighted by Crippen LogP contribution is -2.21. The minimum atomic E-state index is -0.0414. The van der Waals surface area contributed by atoms with Crippen molar-refractivity contribution in [2.24, 2.45) is 0 Å². The molecule has 15 heavy (non-hydrogen) atoms. The van der Waals surface area contributed by atoms with Crippen LogP contribution >= 0.6 is 0 Å². The normalized spacial score (nSPS) is 10.5. The number of unbranched alkanes of at least 4 members (excludes halogenated alkanes) is 1. The molecule has 1 rings (SSSR count). The molecule has 1 aromatic heterocycles. The maximum atomic E-state index is 11.3. The van der Waals surface area contributed by atoms with Gasteiger partial charge in [-0.05, 0) is 30.2 Å². The number of carbonyl (C=O) groups excluding carboxylic acids is 1. The Morgan fingerprint density at radius 1 is 1.47 bits per heavy atom. The fourth-order valence-corrected chi connectivity index (χ4v) is 1.09. The molecule has 0 bridgehead atoms. The largest absolute Gasteiger partial charge is 0.353 e. The van der Waals surface area contributed by atoms with Gasteiger partial charge in [-0.25, -0.2) is 0 Å². The third kappa shape index (κ3) is 4.96. The van der Waals surface area contributed by atoms with Crippen LogP contribution in [0.5, 0.6) is 0 Å². The molecule has 0 aliphatic carbocycles. The number of aromatic nitrogens is 1. The molecule has 3 nitrogen and oxygen atoms in total. The highest BCUT2D eigenvalue weighted by molar-refractivity contribution is 5.91. The zero-order valence-corrected chi connectivity index (χ0v) is 8.94. The Hall–Kier alpha value is -1.64. The summed E-state index contributed by atoms with van der Waals surface area (Å²) >= 11 is 0. The molecule has 0 unspecified atom stereocenters. The van der Waals surface area contributed by atoms with Crippen LogP contribution in [0.15, 0.2) is 30.6 Å². The lowest BCUT2D eigenvalue weighted by molar-refractivity contribution is -0.116. The van der Waals surface area contributed by atoms with Gasteiger partial charge in [-0.15, -0.1) is 0 Å². The third-order valence-corrected chi connectivity index (χ3v) is 1.96. The minimum Gasteiger partial charge on any atom is -0.353 e. The van der Waals surface area contributed by atoms with Crippen molar-refractivity contribution in [1.82, 2.24) is 10.3 Å². The quantitative estimate of drug-likeness (QED) is 0.589. The molecule has 0 aliphatic rings. The number of nitrogens with zero attached hydrogens (tertiary/aromatic N) is 1. The maximum Gasteiger partial charge on any atom is 0.243 e.